The predicted octanol–water partition coefficient (Wildman–Crippen LogP) is 3.52. The van der Waals surface area contributed by atoms with Gasteiger partial charge in [-0.2, -0.15) is 0 Å². The molecule has 2 heterocycles. The van der Waals surface area contributed by atoms with Gasteiger partial charge < -0.3 is 9.64 Å². The fraction of sp³-hybridized carbons (Fsp3) is 0.400. The second-order valence-electron chi connectivity index (χ2n) is 6.24. The van der Waals surface area contributed by atoms with Crippen LogP contribution in [0.15, 0.2) is 48.8 Å². The van der Waals surface area contributed by atoms with Gasteiger partial charge in [0.15, 0.2) is 0 Å². The van der Waals surface area contributed by atoms with Crippen LogP contribution in [0, 0.1) is 11.8 Å². The second kappa shape index (κ2) is 7.90. The van der Waals surface area contributed by atoms with Crippen LogP contribution in [0.4, 0.5) is 0 Å². The minimum atomic E-state index is 0.614. The Balaban J connectivity index is 1.60. The van der Waals surface area contributed by atoms with E-state index in [-0.39, 0.29) is 0 Å². The number of benzene rings is 1. The maximum absolute atomic E-state index is 5.99. The van der Waals surface area contributed by atoms with Gasteiger partial charge in [0.1, 0.15) is 0 Å². The molecule has 0 aromatic heterocycles. The average Bonchev–Trinajstić information content (AvgIpc) is 2.60. The Labute approximate surface area is 149 Å². The van der Waals surface area contributed by atoms with Gasteiger partial charge in [-0.15, -0.1) is 0 Å². The Morgan fingerprint density at radius 3 is 2.75 bits per heavy atom. The summed E-state index contributed by atoms with van der Waals surface area (Å²) in [4.78, 5) is 4.65. The van der Waals surface area contributed by atoms with Crippen LogP contribution in [0.2, 0.25) is 5.02 Å². The number of rotatable bonds is 2. The van der Waals surface area contributed by atoms with Crippen molar-refractivity contribution in [1.82, 2.24) is 9.80 Å². The van der Waals surface area contributed by atoms with E-state index in [1.54, 1.807) is 0 Å². The topological polar surface area (TPSA) is 15.7 Å². The first-order chi connectivity index (χ1) is 11.6. The van der Waals surface area contributed by atoms with Crippen LogP contribution in [0.25, 0.3) is 0 Å². The van der Waals surface area contributed by atoms with Crippen molar-refractivity contribution >= 4 is 11.6 Å². The molecule has 0 bridgehead atoms. The summed E-state index contributed by atoms with van der Waals surface area (Å²) < 4.78 is 5.46. The lowest BCUT2D eigenvalue weighted by Crippen LogP contribution is -2.49. The van der Waals surface area contributed by atoms with Crippen molar-refractivity contribution in [3.8, 4) is 11.8 Å². The number of ether oxygens (including phenoxy) is 1. The molecule has 0 N–H and O–H groups in total. The van der Waals surface area contributed by atoms with Crippen LogP contribution in [0.1, 0.15) is 18.4 Å². The standard InChI is InChI=1S/C20H23ClN2O/c1-16(6-7-18-4-3-5-19(21)14-18)23-11-10-22(15-17(23)2)20-8-12-24-13-9-20/h3-5,14,20H,1-2,8-13,15H2. The van der Waals surface area contributed by atoms with E-state index in [9.17, 15) is 0 Å². The Kier molecular flexibility index (Phi) is 5.63. The minimum absolute atomic E-state index is 0.614. The molecule has 2 aliphatic rings. The first-order valence-electron chi connectivity index (χ1n) is 8.37. The van der Waals surface area contributed by atoms with E-state index >= 15 is 0 Å². The van der Waals surface area contributed by atoms with E-state index in [1.807, 2.05) is 24.3 Å². The molecule has 4 heteroatoms. The monoisotopic (exact) mass is 342 g/mol. The van der Waals surface area contributed by atoms with Gasteiger partial charge in [-0.1, -0.05) is 36.7 Å². The smallest absolute Gasteiger partial charge is 0.0852 e. The van der Waals surface area contributed by atoms with Gasteiger partial charge >= 0.3 is 0 Å². The molecule has 0 spiro atoms. The molecule has 1 aromatic rings. The Hall–Kier alpha value is -1.73. The molecule has 2 saturated heterocycles. The highest BCUT2D eigenvalue weighted by Gasteiger charge is 2.27. The zero-order valence-electron chi connectivity index (χ0n) is 13.9. The molecule has 24 heavy (non-hydrogen) atoms. The molecule has 1 aromatic carbocycles. The molecule has 0 saturated carbocycles. The van der Waals surface area contributed by atoms with E-state index < -0.39 is 0 Å². The lowest BCUT2D eigenvalue weighted by molar-refractivity contribution is 0.0270. The third-order valence-corrected chi connectivity index (χ3v) is 4.82. The van der Waals surface area contributed by atoms with Crippen molar-refractivity contribution in [1.29, 1.82) is 0 Å². The van der Waals surface area contributed by atoms with E-state index in [0.29, 0.717) is 11.1 Å². The largest absolute Gasteiger partial charge is 0.381 e. The summed E-state index contributed by atoms with van der Waals surface area (Å²) in [5, 5.41) is 0.696. The van der Waals surface area contributed by atoms with Crippen LogP contribution in [-0.2, 0) is 4.74 Å². The quantitative estimate of drug-likeness (QED) is 0.765. The van der Waals surface area contributed by atoms with Crippen LogP contribution < -0.4 is 0 Å². The lowest BCUT2D eigenvalue weighted by Gasteiger charge is -2.42. The van der Waals surface area contributed by atoms with Crippen molar-refractivity contribution in [2.45, 2.75) is 18.9 Å². The summed E-state index contributed by atoms with van der Waals surface area (Å²) in [7, 11) is 0. The zero-order chi connectivity index (χ0) is 16.9. The first-order valence-corrected chi connectivity index (χ1v) is 8.75. The number of piperazine rings is 1. The third kappa shape index (κ3) is 4.21. The summed E-state index contributed by atoms with van der Waals surface area (Å²) in [5.74, 6) is 6.27. The van der Waals surface area contributed by atoms with Crippen LogP contribution >= 0.6 is 11.6 Å². The molecule has 0 radical (unpaired) electrons. The van der Waals surface area contributed by atoms with Crippen molar-refractivity contribution in [2.75, 3.05) is 32.8 Å². The molecular weight excluding hydrogens is 320 g/mol. The number of nitrogens with zero attached hydrogens (tertiary/aromatic N) is 2. The Morgan fingerprint density at radius 1 is 1.25 bits per heavy atom. The highest BCUT2D eigenvalue weighted by Crippen LogP contribution is 2.22. The zero-order valence-corrected chi connectivity index (χ0v) is 14.7. The summed E-state index contributed by atoms with van der Waals surface area (Å²) >= 11 is 5.99. The van der Waals surface area contributed by atoms with Crippen LogP contribution in [0.3, 0.4) is 0 Å². The van der Waals surface area contributed by atoms with Crippen molar-refractivity contribution in [3.63, 3.8) is 0 Å². The molecule has 0 atom stereocenters. The van der Waals surface area contributed by atoms with Crippen LogP contribution in [-0.4, -0.2) is 48.7 Å². The molecular formula is C20H23ClN2O. The molecule has 2 fully saturated rings. The van der Waals surface area contributed by atoms with Gasteiger partial charge in [-0.3, -0.25) is 4.90 Å². The third-order valence-electron chi connectivity index (χ3n) is 4.59. The Bertz CT molecular complexity index is 682. The van der Waals surface area contributed by atoms with E-state index in [1.165, 1.54) is 0 Å². The molecule has 2 aliphatic heterocycles. The molecule has 0 unspecified atom stereocenters. The van der Waals surface area contributed by atoms with Crippen LogP contribution in [0.5, 0.6) is 0 Å². The first kappa shape index (κ1) is 17.1. The number of hydrogen-bond acceptors (Lipinski definition) is 3. The summed E-state index contributed by atoms with van der Waals surface area (Å²) in [6.07, 6.45) is 2.23. The number of hydrogen-bond donors (Lipinski definition) is 0. The fourth-order valence-corrected chi connectivity index (χ4v) is 3.44. The molecule has 0 amide bonds. The molecule has 0 aliphatic carbocycles. The number of halogens is 1. The summed E-state index contributed by atoms with van der Waals surface area (Å²) in [6.45, 7) is 12.9. The minimum Gasteiger partial charge on any atom is -0.381 e. The maximum Gasteiger partial charge on any atom is 0.0852 e. The predicted molar refractivity (Wildman–Crippen MR) is 98.7 cm³/mol. The average molecular weight is 343 g/mol. The van der Waals surface area contributed by atoms with Crippen molar-refractivity contribution in [2.24, 2.45) is 0 Å². The normalized spacial score (nSPS) is 19.7. The highest BCUT2D eigenvalue weighted by molar-refractivity contribution is 6.30. The highest BCUT2D eigenvalue weighted by atomic mass is 35.5. The maximum atomic E-state index is 5.99. The SMILES string of the molecule is C=C(C#Cc1cccc(Cl)c1)N1CCN(C2CCOCC2)CC1=C. The fourth-order valence-electron chi connectivity index (χ4n) is 3.25. The summed E-state index contributed by atoms with van der Waals surface area (Å²) in [6, 6.07) is 8.17. The second-order valence-corrected chi connectivity index (χ2v) is 6.68. The van der Waals surface area contributed by atoms with Crippen molar-refractivity contribution in [3.05, 3.63) is 59.4 Å². The molecule has 3 nitrogen and oxygen atoms in total. The molecule has 126 valence electrons. The van der Waals surface area contributed by atoms with Gasteiger partial charge in [0.2, 0.25) is 0 Å². The van der Waals surface area contributed by atoms with Gasteiger partial charge in [-0.25, -0.2) is 0 Å². The van der Waals surface area contributed by atoms with Crippen molar-refractivity contribution < 1.29 is 4.74 Å². The Morgan fingerprint density at radius 2 is 2.04 bits per heavy atom. The number of allylic oxidation sites excluding steroid dienone is 1. The van der Waals surface area contributed by atoms with Gasteiger partial charge in [0.25, 0.3) is 0 Å². The lowest BCUT2D eigenvalue weighted by atomic mass is 10.1. The summed E-state index contributed by atoms with van der Waals surface area (Å²) in [5.41, 5.74) is 2.76. The molecule has 3 rings (SSSR count). The van der Waals surface area contributed by atoms with E-state index in [2.05, 4.69) is 34.8 Å². The van der Waals surface area contributed by atoms with Gasteiger partial charge in [-0.05, 0) is 37.0 Å². The van der Waals surface area contributed by atoms with Gasteiger partial charge in [0.05, 0.1) is 5.70 Å². The van der Waals surface area contributed by atoms with E-state index in [4.69, 9.17) is 16.3 Å². The van der Waals surface area contributed by atoms with Gasteiger partial charge in [0, 0.05) is 55.2 Å². The van der Waals surface area contributed by atoms with E-state index in [0.717, 1.165) is 62.6 Å².